The third kappa shape index (κ3) is 56.2. The SMILES string of the molecule is CC/C=C\C/C=C\C/C=C\C/C=C\CCCCCCC(=O)OC(COC(=O)CCCCCCC)COC(=O)CCCCCCCCCCCCCCCCCCCCCCCCCCCCCCC. The first-order valence-corrected chi connectivity index (χ1v) is 30.1. The summed E-state index contributed by atoms with van der Waals surface area (Å²) in [7, 11) is 0. The van der Waals surface area contributed by atoms with E-state index in [0.717, 1.165) is 103 Å². The van der Waals surface area contributed by atoms with Gasteiger partial charge in [-0.1, -0.05) is 288 Å². The van der Waals surface area contributed by atoms with Crippen molar-refractivity contribution in [3.63, 3.8) is 0 Å². The van der Waals surface area contributed by atoms with Crippen molar-refractivity contribution in [1.29, 1.82) is 0 Å². The van der Waals surface area contributed by atoms with Gasteiger partial charge in [-0.15, -0.1) is 0 Å². The zero-order chi connectivity index (χ0) is 50.0. The second kappa shape index (κ2) is 57.9. The lowest BCUT2D eigenvalue weighted by Gasteiger charge is -2.18. The summed E-state index contributed by atoms with van der Waals surface area (Å²) in [4.78, 5) is 37.8. The van der Waals surface area contributed by atoms with Crippen molar-refractivity contribution in [2.24, 2.45) is 0 Å². The molecule has 0 aliphatic rings. The Morgan fingerprint density at radius 2 is 0.565 bits per heavy atom. The minimum absolute atomic E-state index is 0.0806. The number of esters is 3. The Bertz CT molecular complexity index is 1200. The van der Waals surface area contributed by atoms with E-state index in [0.29, 0.717) is 19.3 Å². The smallest absolute Gasteiger partial charge is 0.306 e. The van der Waals surface area contributed by atoms with Crippen LogP contribution in [0, 0.1) is 0 Å². The summed E-state index contributed by atoms with van der Waals surface area (Å²) < 4.78 is 16.7. The van der Waals surface area contributed by atoms with Crippen LogP contribution < -0.4 is 0 Å². The Labute approximate surface area is 428 Å². The van der Waals surface area contributed by atoms with Gasteiger partial charge in [0.1, 0.15) is 13.2 Å². The minimum atomic E-state index is -0.780. The van der Waals surface area contributed by atoms with E-state index in [1.807, 2.05) is 0 Å². The molecule has 1 unspecified atom stereocenters. The summed E-state index contributed by atoms with van der Waals surface area (Å²) in [6, 6.07) is 0. The molecule has 6 nitrogen and oxygen atoms in total. The molecule has 0 radical (unpaired) electrons. The van der Waals surface area contributed by atoms with Gasteiger partial charge >= 0.3 is 17.9 Å². The Hall–Kier alpha value is -2.63. The van der Waals surface area contributed by atoms with Crippen LogP contribution in [0.25, 0.3) is 0 Å². The van der Waals surface area contributed by atoms with E-state index in [-0.39, 0.29) is 31.1 Å². The highest BCUT2D eigenvalue weighted by atomic mass is 16.6. The lowest BCUT2D eigenvalue weighted by molar-refractivity contribution is -0.167. The number of ether oxygens (including phenoxy) is 3. The molecule has 0 aliphatic carbocycles. The molecule has 0 saturated carbocycles. The second-order valence-corrected chi connectivity index (χ2v) is 20.2. The lowest BCUT2D eigenvalue weighted by Crippen LogP contribution is -2.30. The average Bonchev–Trinajstić information content (AvgIpc) is 3.35. The molecule has 0 bridgehead atoms. The average molecular weight is 968 g/mol. The van der Waals surface area contributed by atoms with Gasteiger partial charge in [-0.25, -0.2) is 0 Å². The molecule has 0 amide bonds. The van der Waals surface area contributed by atoms with E-state index < -0.39 is 6.10 Å². The number of unbranched alkanes of at least 4 members (excludes halogenated alkanes) is 36. The van der Waals surface area contributed by atoms with E-state index in [2.05, 4.69) is 69.4 Å². The maximum atomic E-state index is 12.8. The fourth-order valence-corrected chi connectivity index (χ4v) is 8.85. The Morgan fingerprint density at radius 3 is 0.884 bits per heavy atom. The summed E-state index contributed by atoms with van der Waals surface area (Å²) >= 11 is 0. The van der Waals surface area contributed by atoms with Crippen LogP contribution in [0.3, 0.4) is 0 Å². The highest BCUT2D eigenvalue weighted by molar-refractivity contribution is 5.71. The number of hydrogen-bond donors (Lipinski definition) is 0. The highest BCUT2D eigenvalue weighted by Crippen LogP contribution is 2.17. The van der Waals surface area contributed by atoms with Gasteiger partial charge in [-0.3, -0.25) is 14.4 Å². The number of carbonyl (C=O) groups excluding carboxylic acids is 3. The van der Waals surface area contributed by atoms with Gasteiger partial charge in [0.25, 0.3) is 0 Å². The van der Waals surface area contributed by atoms with Crippen molar-refractivity contribution >= 4 is 17.9 Å². The number of hydrogen-bond acceptors (Lipinski definition) is 6. The summed E-state index contributed by atoms with van der Waals surface area (Å²) in [5.41, 5.74) is 0. The van der Waals surface area contributed by atoms with Crippen LogP contribution in [0.1, 0.15) is 316 Å². The molecule has 0 spiro atoms. The molecule has 0 saturated heterocycles. The van der Waals surface area contributed by atoms with Gasteiger partial charge in [0.2, 0.25) is 0 Å². The molecule has 0 rings (SSSR count). The van der Waals surface area contributed by atoms with Crippen molar-refractivity contribution in [3.05, 3.63) is 48.6 Å². The van der Waals surface area contributed by atoms with Crippen LogP contribution in [0.4, 0.5) is 0 Å². The number of rotatable bonds is 55. The Balaban J connectivity index is 3.98. The van der Waals surface area contributed by atoms with Gasteiger partial charge in [-0.2, -0.15) is 0 Å². The number of carbonyl (C=O) groups is 3. The molecule has 1 atom stereocenters. The molecular formula is C63H114O6. The van der Waals surface area contributed by atoms with E-state index >= 15 is 0 Å². The van der Waals surface area contributed by atoms with Crippen molar-refractivity contribution < 1.29 is 28.6 Å². The fourth-order valence-electron chi connectivity index (χ4n) is 8.85. The molecular weight excluding hydrogens is 853 g/mol. The first kappa shape index (κ1) is 66.4. The third-order valence-electron chi connectivity index (χ3n) is 13.3. The Kier molecular flexibility index (Phi) is 55.7. The third-order valence-corrected chi connectivity index (χ3v) is 13.3. The van der Waals surface area contributed by atoms with Gasteiger partial charge in [0.05, 0.1) is 0 Å². The molecule has 6 heteroatoms. The quantitative estimate of drug-likeness (QED) is 0.0262. The maximum Gasteiger partial charge on any atom is 0.306 e. The highest BCUT2D eigenvalue weighted by Gasteiger charge is 2.19. The maximum absolute atomic E-state index is 12.8. The van der Waals surface area contributed by atoms with Gasteiger partial charge in [-0.05, 0) is 57.8 Å². The van der Waals surface area contributed by atoms with Crippen LogP contribution in [0.2, 0.25) is 0 Å². The summed E-state index contributed by atoms with van der Waals surface area (Å²) in [6.45, 7) is 6.46. The summed E-state index contributed by atoms with van der Waals surface area (Å²) in [5.74, 6) is -0.906. The molecule has 0 fully saturated rings. The molecule has 0 aromatic heterocycles. The van der Waals surface area contributed by atoms with Crippen LogP contribution >= 0.6 is 0 Å². The standard InChI is InChI=1S/C63H114O6/c1-4-7-10-13-15-17-19-21-23-25-26-27-28-29-30-31-32-33-34-35-36-38-39-41-43-45-47-50-53-56-62(65)68-59-60(58-67-61(64)55-52-49-12-9-6-3)69-63(66)57-54-51-48-46-44-42-40-37-24-22-20-18-16-14-11-8-5-2/h8,11,16,18,22,24,40,42,60H,4-7,9-10,12-15,17,19-21,23,25-39,41,43-59H2,1-3H3/b11-8-,18-16-,24-22-,42-40-. The zero-order valence-electron chi connectivity index (χ0n) is 46.1. The molecule has 0 aromatic carbocycles. The van der Waals surface area contributed by atoms with Crippen LogP contribution in [0.5, 0.6) is 0 Å². The van der Waals surface area contributed by atoms with E-state index in [4.69, 9.17) is 14.2 Å². The summed E-state index contributed by atoms with van der Waals surface area (Å²) in [5, 5.41) is 0. The normalized spacial score (nSPS) is 12.3. The van der Waals surface area contributed by atoms with Crippen LogP contribution in [-0.4, -0.2) is 37.2 Å². The van der Waals surface area contributed by atoms with Crippen molar-refractivity contribution in [2.45, 2.75) is 322 Å². The lowest BCUT2D eigenvalue weighted by atomic mass is 10.0. The monoisotopic (exact) mass is 967 g/mol. The largest absolute Gasteiger partial charge is 0.462 e. The van der Waals surface area contributed by atoms with E-state index in [1.54, 1.807) is 0 Å². The molecule has 0 N–H and O–H groups in total. The predicted molar refractivity (Wildman–Crippen MR) is 298 cm³/mol. The summed E-state index contributed by atoms with van der Waals surface area (Å²) in [6.07, 6.45) is 71.8. The molecule has 0 heterocycles. The second-order valence-electron chi connectivity index (χ2n) is 20.2. The van der Waals surface area contributed by atoms with Crippen LogP contribution in [-0.2, 0) is 28.6 Å². The van der Waals surface area contributed by atoms with Gasteiger partial charge in [0, 0.05) is 19.3 Å². The molecule has 0 aromatic rings. The first-order valence-electron chi connectivity index (χ1n) is 30.1. The van der Waals surface area contributed by atoms with Crippen molar-refractivity contribution in [1.82, 2.24) is 0 Å². The van der Waals surface area contributed by atoms with Crippen molar-refractivity contribution in [2.75, 3.05) is 13.2 Å². The van der Waals surface area contributed by atoms with E-state index in [9.17, 15) is 14.4 Å². The molecule has 0 aliphatic heterocycles. The van der Waals surface area contributed by atoms with E-state index in [1.165, 1.54) is 173 Å². The van der Waals surface area contributed by atoms with Crippen molar-refractivity contribution in [3.8, 4) is 0 Å². The Morgan fingerprint density at radius 1 is 0.304 bits per heavy atom. The fraction of sp³-hybridized carbons (Fsp3) is 0.825. The zero-order valence-corrected chi connectivity index (χ0v) is 46.1. The minimum Gasteiger partial charge on any atom is -0.462 e. The topological polar surface area (TPSA) is 78.9 Å². The predicted octanol–water partition coefficient (Wildman–Crippen LogP) is 20.2. The first-order chi connectivity index (χ1) is 34.0. The number of allylic oxidation sites excluding steroid dienone is 8. The van der Waals surface area contributed by atoms with Gasteiger partial charge in [0.15, 0.2) is 6.10 Å². The van der Waals surface area contributed by atoms with Crippen LogP contribution in [0.15, 0.2) is 48.6 Å². The van der Waals surface area contributed by atoms with Gasteiger partial charge < -0.3 is 14.2 Å². The molecule has 69 heavy (non-hydrogen) atoms. The molecule has 402 valence electrons.